The van der Waals surface area contributed by atoms with E-state index in [1.54, 1.807) is 24.7 Å². The third-order valence-electron chi connectivity index (χ3n) is 4.69. The van der Waals surface area contributed by atoms with Crippen LogP contribution in [0.3, 0.4) is 0 Å². The number of aliphatic hydroxyl groups is 1. The Balaban J connectivity index is 1.54. The average Bonchev–Trinajstić information content (AvgIpc) is 3.18. The molecule has 2 aromatic heterocycles. The molecule has 5 unspecified atom stereocenters. The molecular weight excluding hydrogens is 332 g/mol. The Morgan fingerprint density at radius 1 is 1.46 bits per heavy atom. The van der Waals surface area contributed by atoms with E-state index in [2.05, 4.69) is 15.3 Å². The summed E-state index contributed by atoms with van der Waals surface area (Å²) in [6.07, 6.45) is 5.59. The highest BCUT2D eigenvalue weighted by Crippen LogP contribution is 2.36. The monoisotopic (exact) mass is 350 g/mol. The Morgan fingerprint density at radius 3 is 3.08 bits per heavy atom. The highest BCUT2D eigenvalue weighted by Gasteiger charge is 2.50. The lowest BCUT2D eigenvalue weighted by atomic mass is 9.95. The Kier molecular flexibility index (Phi) is 4.28. The SMILES string of the molecule is Cc1nccn1C1C2OCC(O2)C(NCc2cnccc2Cl)C1O. The van der Waals surface area contributed by atoms with Crippen LogP contribution in [0.4, 0.5) is 0 Å². The van der Waals surface area contributed by atoms with E-state index in [9.17, 15) is 5.11 Å². The summed E-state index contributed by atoms with van der Waals surface area (Å²) in [5.41, 5.74) is 0.878. The van der Waals surface area contributed by atoms with Crippen LogP contribution < -0.4 is 5.32 Å². The van der Waals surface area contributed by atoms with Gasteiger partial charge < -0.3 is 24.5 Å². The highest BCUT2D eigenvalue weighted by molar-refractivity contribution is 6.31. The van der Waals surface area contributed by atoms with Crippen LogP contribution in [0.1, 0.15) is 17.4 Å². The molecule has 0 amide bonds. The number of pyridine rings is 1. The van der Waals surface area contributed by atoms with Crippen molar-refractivity contribution >= 4 is 11.6 Å². The molecule has 4 heterocycles. The fraction of sp³-hybridized carbons (Fsp3) is 0.500. The van der Waals surface area contributed by atoms with E-state index in [1.165, 1.54) is 0 Å². The molecular formula is C16H19ClN4O3. The van der Waals surface area contributed by atoms with E-state index in [-0.39, 0.29) is 18.2 Å². The Bertz CT molecular complexity index is 725. The molecule has 2 fully saturated rings. The van der Waals surface area contributed by atoms with Crippen molar-refractivity contribution in [3.63, 3.8) is 0 Å². The summed E-state index contributed by atoms with van der Waals surface area (Å²) in [5, 5.41) is 14.9. The summed E-state index contributed by atoms with van der Waals surface area (Å²) in [7, 11) is 0. The molecule has 5 atom stereocenters. The molecule has 2 aliphatic heterocycles. The maximum Gasteiger partial charge on any atom is 0.181 e. The first-order chi connectivity index (χ1) is 11.6. The second-order valence-corrected chi connectivity index (χ2v) is 6.52. The molecule has 2 bridgehead atoms. The summed E-state index contributed by atoms with van der Waals surface area (Å²) in [6.45, 7) is 2.84. The summed E-state index contributed by atoms with van der Waals surface area (Å²) in [6, 6.07) is 1.14. The van der Waals surface area contributed by atoms with Crippen LogP contribution in [0.2, 0.25) is 5.02 Å². The molecule has 7 nitrogen and oxygen atoms in total. The lowest BCUT2D eigenvalue weighted by Gasteiger charge is -2.39. The molecule has 128 valence electrons. The number of rotatable bonds is 4. The Morgan fingerprint density at radius 2 is 2.33 bits per heavy atom. The lowest BCUT2D eigenvalue weighted by molar-refractivity contribution is -0.165. The van der Waals surface area contributed by atoms with E-state index >= 15 is 0 Å². The third-order valence-corrected chi connectivity index (χ3v) is 5.06. The van der Waals surface area contributed by atoms with E-state index in [4.69, 9.17) is 21.1 Å². The number of imidazole rings is 1. The first kappa shape index (κ1) is 16.0. The van der Waals surface area contributed by atoms with Gasteiger partial charge in [-0.05, 0) is 13.0 Å². The van der Waals surface area contributed by atoms with Gasteiger partial charge >= 0.3 is 0 Å². The van der Waals surface area contributed by atoms with Gasteiger partial charge in [-0.2, -0.15) is 0 Å². The van der Waals surface area contributed by atoms with Crippen LogP contribution in [0.5, 0.6) is 0 Å². The molecule has 2 aromatic rings. The van der Waals surface area contributed by atoms with E-state index in [0.29, 0.717) is 18.2 Å². The predicted octanol–water partition coefficient (Wildman–Crippen LogP) is 1.06. The zero-order chi connectivity index (χ0) is 16.7. The van der Waals surface area contributed by atoms with E-state index in [1.807, 2.05) is 17.7 Å². The number of fused-ring (bicyclic) bond motifs is 2. The highest BCUT2D eigenvalue weighted by atomic mass is 35.5. The topological polar surface area (TPSA) is 81.4 Å². The molecule has 8 heteroatoms. The minimum absolute atomic E-state index is 0.194. The second-order valence-electron chi connectivity index (χ2n) is 6.11. The Labute approximate surface area is 144 Å². The van der Waals surface area contributed by atoms with Crippen molar-refractivity contribution in [1.82, 2.24) is 19.9 Å². The van der Waals surface area contributed by atoms with Crippen molar-refractivity contribution in [2.45, 2.75) is 44.1 Å². The first-order valence-corrected chi connectivity index (χ1v) is 8.29. The van der Waals surface area contributed by atoms with Gasteiger partial charge in [0.15, 0.2) is 6.29 Å². The molecule has 0 aliphatic carbocycles. The largest absolute Gasteiger partial charge is 0.389 e. The number of hydrogen-bond acceptors (Lipinski definition) is 6. The summed E-state index contributed by atoms with van der Waals surface area (Å²) in [5.74, 6) is 0.811. The maximum atomic E-state index is 10.9. The number of nitrogens with zero attached hydrogens (tertiary/aromatic N) is 3. The van der Waals surface area contributed by atoms with Gasteiger partial charge in [-0.25, -0.2) is 4.98 Å². The molecule has 0 saturated carbocycles. The lowest BCUT2D eigenvalue weighted by Crippen LogP contribution is -2.57. The van der Waals surface area contributed by atoms with E-state index < -0.39 is 12.4 Å². The summed E-state index contributed by atoms with van der Waals surface area (Å²) in [4.78, 5) is 8.32. The van der Waals surface area contributed by atoms with Gasteiger partial charge in [0.1, 0.15) is 18.0 Å². The standard InChI is InChI=1S/C16H19ClN4O3/c1-9-19-4-5-21(9)14-15(22)13(12-8-23-16(14)24-12)20-7-10-6-18-3-2-11(10)17/h2-6,12-16,20,22H,7-8H2,1H3. The molecule has 2 N–H and O–H groups in total. The molecule has 2 aliphatic rings. The van der Waals surface area contributed by atoms with Crippen molar-refractivity contribution in [1.29, 1.82) is 0 Å². The van der Waals surface area contributed by atoms with Gasteiger partial charge in [-0.15, -0.1) is 0 Å². The van der Waals surface area contributed by atoms with E-state index in [0.717, 1.165) is 11.4 Å². The molecule has 24 heavy (non-hydrogen) atoms. The predicted molar refractivity (Wildman–Crippen MR) is 86.5 cm³/mol. The van der Waals surface area contributed by atoms with Crippen LogP contribution in [-0.4, -0.2) is 50.8 Å². The number of aromatic nitrogens is 3. The smallest absolute Gasteiger partial charge is 0.181 e. The maximum absolute atomic E-state index is 10.9. The minimum Gasteiger partial charge on any atom is -0.389 e. The average molecular weight is 351 g/mol. The van der Waals surface area contributed by atoms with Crippen LogP contribution in [0, 0.1) is 6.92 Å². The molecule has 0 spiro atoms. The second kappa shape index (κ2) is 6.42. The van der Waals surface area contributed by atoms with Crippen molar-refractivity contribution < 1.29 is 14.6 Å². The normalized spacial score (nSPS) is 32.2. The summed E-state index contributed by atoms with van der Waals surface area (Å²) >= 11 is 6.18. The Hall–Kier alpha value is -1.51. The van der Waals surface area contributed by atoms with Crippen LogP contribution in [-0.2, 0) is 16.0 Å². The van der Waals surface area contributed by atoms with Gasteiger partial charge in [0.05, 0.1) is 18.8 Å². The molecule has 4 rings (SSSR count). The van der Waals surface area contributed by atoms with Crippen molar-refractivity contribution in [3.05, 3.63) is 47.3 Å². The van der Waals surface area contributed by atoms with Gasteiger partial charge in [0, 0.05) is 41.9 Å². The molecule has 0 radical (unpaired) electrons. The molecule has 2 saturated heterocycles. The number of nitrogens with one attached hydrogen (secondary N) is 1. The minimum atomic E-state index is -0.667. The first-order valence-electron chi connectivity index (χ1n) is 7.91. The number of aryl methyl sites for hydroxylation is 1. The van der Waals surface area contributed by atoms with Gasteiger partial charge in [0.2, 0.25) is 0 Å². The van der Waals surface area contributed by atoms with Gasteiger partial charge in [0.25, 0.3) is 0 Å². The van der Waals surface area contributed by atoms with Crippen molar-refractivity contribution in [2.24, 2.45) is 0 Å². The number of hydrogen-bond donors (Lipinski definition) is 2. The zero-order valence-corrected chi connectivity index (χ0v) is 13.9. The quantitative estimate of drug-likeness (QED) is 0.858. The van der Waals surface area contributed by atoms with Gasteiger partial charge in [-0.1, -0.05) is 11.6 Å². The van der Waals surface area contributed by atoms with Crippen molar-refractivity contribution in [2.75, 3.05) is 6.61 Å². The van der Waals surface area contributed by atoms with Gasteiger partial charge in [-0.3, -0.25) is 4.98 Å². The number of halogens is 1. The fourth-order valence-corrected chi connectivity index (χ4v) is 3.59. The third kappa shape index (κ3) is 2.72. The molecule has 0 aromatic carbocycles. The summed E-state index contributed by atoms with van der Waals surface area (Å²) < 4.78 is 13.6. The zero-order valence-electron chi connectivity index (χ0n) is 13.2. The number of ether oxygens (including phenoxy) is 2. The fourth-order valence-electron chi connectivity index (χ4n) is 3.42. The number of aliphatic hydroxyl groups excluding tert-OH is 1. The van der Waals surface area contributed by atoms with Crippen LogP contribution in [0.25, 0.3) is 0 Å². The van der Waals surface area contributed by atoms with Crippen LogP contribution >= 0.6 is 11.6 Å². The van der Waals surface area contributed by atoms with Crippen LogP contribution in [0.15, 0.2) is 30.9 Å². The van der Waals surface area contributed by atoms with Crippen molar-refractivity contribution in [3.8, 4) is 0 Å².